The number of benzene rings is 2. The Morgan fingerprint density at radius 3 is 2.21 bits per heavy atom. The Labute approximate surface area is 168 Å². The molecule has 0 spiro atoms. The second-order valence-corrected chi connectivity index (χ2v) is 8.95. The molecule has 2 aromatic carbocycles. The summed E-state index contributed by atoms with van der Waals surface area (Å²) in [6, 6.07) is 12.2. The van der Waals surface area contributed by atoms with Crippen LogP contribution in [0.4, 0.5) is 13.2 Å². The highest BCUT2D eigenvalue weighted by Crippen LogP contribution is 2.30. The molecule has 0 bridgehead atoms. The number of nitrogens with zero attached hydrogens (tertiary/aromatic N) is 2. The highest BCUT2D eigenvalue weighted by Gasteiger charge is 2.32. The van der Waals surface area contributed by atoms with Gasteiger partial charge in [-0.1, -0.05) is 30.3 Å². The van der Waals surface area contributed by atoms with Gasteiger partial charge in [-0.3, -0.25) is 4.90 Å². The SMILES string of the molecule is COc1ccc(CN2CCN(S(=O)(=O)Cc3cccc(C(F)(F)F)c3)CC2)cc1. The summed E-state index contributed by atoms with van der Waals surface area (Å²) in [6.45, 7) is 2.46. The number of sulfonamides is 1. The van der Waals surface area contributed by atoms with E-state index in [-0.39, 0.29) is 5.56 Å². The summed E-state index contributed by atoms with van der Waals surface area (Å²) in [5.41, 5.74) is 0.404. The van der Waals surface area contributed by atoms with Crippen LogP contribution in [0.25, 0.3) is 0 Å². The summed E-state index contributed by atoms with van der Waals surface area (Å²) in [5.74, 6) is 0.342. The van der Waals surface area contributed by atoms with Crippen molar-refractivity contribution in [3.63, 3.8) is 0 Å². The first kappa shape index (κ1) is 21.6. The van der Waals surface area contributed by atoms with Crippen molar-refractivity contribution in [2.45, 2.75) is 18.5 Å². The first-order chi connectivity index (χ1) is 13.7. The van der Waals surface area contributed by atoms with Gasteiger partial charge in [-0.05, 0) is 29.3 Å². The zero-order chi connectivity index (χ0) is 21.1. The molecule has 1 saturated heterocycles. The van der Waals surface area contributed by atoms with E-state index in [0.717, 1.165) is 23.4 Å². The van der Waals surface area contributed by atoms with E-state index in [4.69, 9.17) is 4.74 Å². The lowest BCUT2D eigenvalue weighted by Gasteiger charge is -2.34. The molecule has 0 saturated carbocycles. The van der Waals surface area contributed by atoms with Crippen molar-refractivity contribution in [3.8, 4) is 5.75 Å². The van der Waals surface area contributed by atoms with Crippen molar-refractivity contribution in [2.24, 2.45) is 0 Å². The van der Waals surface area contributed by atoms with Gasteiger partial charge in [0.1, 0.15) is 5.75 Å². The van der Waals surface area contributed by atoms with Crippen LogP contribution in [0.3, 0.4) is 0 Å². The molecule has 1 fully saturated rings. The first-order valence-corrected chi connectivity index (χ1v) is 10.8. The molecular weight excluding hydrogens is 405 g/mol. The summed E-state index contributed by atoms with van der Waals surface area (Å²) in [5, 5.41) is 0. The molecule has 29 heavy (non-hydrogen) atoms. The summed E-state index contributed by atoms with van der Waals surface area (Å²) in [6.07, 6.45) is -4.49. The molecule has 0 aromatic heterocycles. The molecule has 158 valence electrons. The molecule has 3 rings (SSSR count). The third-order valence-corrected chi connectivity index (χ3v) is 6.74. The molecule has 0 N–H and O–H groups in total. The van der Waals surface area contributed by atoms with Crippen LogP contribution < -0.4 is 4.74 Å². The van der Waals surface area contributed by atoms with Crippen LogP contribution in [0, 0.1) is 0 Å². The Hall–Kier alpha value is -2.10. The van der Waals surface area contributed by atoms with Crippen LogP contribution in [0.1, 0.15) is 16.7 Å². The van der Waals surface area contributed by atoms with Gasteiger partial charge in [0.15, 0.2) is 0 Å². The number of halogens is 3. The molecule has 0 amide bonds. The predicted molar refractivity (Wildman–Crippen MR) is 104 cm³/mol. The maximum absolute atomic E-state index is 12.8. The van der Waals surface area contributed by atoms with Crippen molar-refractivity contribution in [1.29, 1.82) is 0 Å². The number of alkyl halides is 3. The predicted octanol–water partition coefficient (Wildman–Crippen LogP) is 3.36. The molecule has 0 unspecified atom stereocenters. The monoisotopic (exact) mass is 428 g/mol. The van der Waals surface area contributed by atoms with Gasteiger partial charge in [0.25, 0.3) is 0 Å². The lowest BCUT2D eigenvalue weighted by molar-refractivity contribution is -0.137. The van der Waals surface area contributed by atoms with Gasteiger partial charge in [-0.25, -0.2) is 8.42 Å². The number of piperazine rings is 1. The second kappa shape index (κ2) is 8.73. The Morgan fingerprint density at radius 1 is 0.966 bits per heavy atom. The zero-order valence-corrected chi connectivity index (χ0v) is 16.8. The number of ether oxygens (including phenoxy) is 1. The summed E-state index contributed by atoms with van der Waals surface area (Å²) < 4.78 is 70.4. The third-order valence-electron chi connectivity index (χ3n) is 4.89. The molecule has 1 heterocycles. The third kappa shape index (κ3) is 5.71. The fraction of sp³-hybridized carbons (Fsp3) is 0.400. The smallest absolute Gasteiger partial charge is 0.416 e. The highest BCUT2D eigenvalue weighted by atomic mass is 32.2. The molecule has 5 nitrogen and oxygen atoms in total. The number of rotatable bonds is 6. The molecule has 0 radical (unpaired) electrons. The van der Waals surface area contributed by atoms with Gasteiger partial charge in [-0.2, -0.15) is 17.5 Å². The van der Waals surface area contributed by atoms with Gasteiger partial charge in [0, 0.05) is 32.7 Å². The molecule has 1 aliphatic rings. The van der Waals surface area contributed by atoms with Crippen LogP contribution in [0.2, 0.25) is 0 Å². The van der Waals surface area contributed by atoms with Crippen molar-refractivity contribution in [3.05, 3.63) is 65.2 Å². The highest BCUT2D eigenvalue weighted by molar-refractivity contribution is 7.88. The fourth-order valence-electron chi connectivity index (χ4n) is 3.29. The first-order valence-electron chi connectivity index (χ1n) is 9.16. The maximum atomic E-state index is 12.8. The van der Waals surface area contributed by atoms with E-state index in [1.54, 1.807) is 7.11 Å². The van der Waals surface area contributed by atoms with Crippen molar-refractivity contribution in [2.75, 3.05) is 33.3 Å². The average molecular weight is 428 g/mol. The second-order valence-electron chi connectivity index (χ2n) is 6.98. The number of hydrogen-bond acceptors (Lipinski definition) is 4. The van der Waals surface area contributed by atoms with Crippen LogP contribution in [-0.2, 0) is 28.5 Å². The van der Waals surface area contributed by atoms with E-state index in [2.05, 4.69) is 4.90 Å². The van der Waals surface area contributed by atoms with Gasteiger partial charge < -0.3 is 4.74 Å². The quantitative estimate of drug-likeness (QED) is 0.708. The lowest BCUT2D eigenvalue weighted by Crippen LogP contribution is -2.48. The van der Waals surface area contributed by atoms with E-state index in [0.29, 0.717) is 32.7 Å². The fourth-order valence-corrected chi connectivity index (χ4v) is 4.80. The van der Waals surface area contributed by atoms with Crippen LogP contribution in [0.15, 0.2) is 48.5 Å². The Morgan fingerprint density at radius 2 is 1.62 bits per heavy atom. The van der Waals surface area contributed by atoms with Crippen molar-refractivity contribution < 1.29 is 26.3 Å². The van der Waals surface area contributed by atoms with E-state index < -0.39 is 27.5 Å². The molecule has 0 aliphatic carbocycles. The normalized spacial score (nSPS) is 16.7. The Balaban J connectivity index is 1.58. The van der Waals surface area contributed by atoms with Crippen molar-refractivity contribution >= 4 is 10.0 Å². The van der Waals surface area contributed by atoms with Gasteiger partial charge >= 0.3 is 6.18 Å². The lowest BCUT2D eigenvalue weighted by atomic mass is 10.1. The van der Waals surface area contributed by atoms with Crippen LogP contribution in [-0.4, -0.2) is 50.9 Å². The number of methoxy groups -OCH3 is 1. The molecule has 1 aliphatic heterocycles. The Bertz CT molecular complexity index is 923. The topological polar surface area (TPSA) is 49.9 Å². The molecule has 9 heteroatoms. The summed E-state index contributed by atoms with van der Waals surface area (Å²) in [4.78, 5) is 2.15. The Kier molecular flexibility index (Phi) is 6.50. The van der Waals surface area contributed by atoms with E-state index in [1.165, 1.54) is 16.4 Å². The van der Waals surface area contributed by atoms with E-state index >= 15 is 0 Å². The summed E-state index contributed by atoms with van der Waals surface area (Å²) in [7, 11) is -2.08. The molecular formula is C20H23F3N2O3S. The minimum absolute atomic E-state index is 0.139. The number of hydrogen-bond donors (Lipinski definition) is 0. The largest absolute Gasteiger partial charge is 0.497 e. The van der Waals surface area contributed by atoms with Gasteiger partial charge in [0.05, 0.1) is 18.4 Å². The minimum atomic E-state index is -4.49. The summed E-state index contributed by atoms with van der Waals surface area (Å²) >= 11 is 0. The van der Waals surface area contributed by atoms with Crippen LogP contribution >= 0.6 is 0 Å². The van der Waals surface area contributed by atoms with Gasteiger partial charge in [0.2, 0.25) is 10.0 Å². The molecule has 2 aromatic rings. The standard InChI is InChI=1S/C20H23F3N2O3S/c1-28-19-7-5-16(6-8-19)14-24-9-11-25(12-10-24)29(26,27)15-17-3-2-4-18(13-17)20(21,22)23/h2-8,13H,9-12,14-15H2,1H3. The maximum Gasteiger partial charge on any atom is 0.416 e. The van der Waals surface area contributed by atoms with E-state index in [9.17, 15) is 21.6 Å². The average Bonchev–Trinajstić information content (AvgIpc) is 2.68. The molecule has 0 atom stereocenters. The zero-order valence-electron chi connectivity index (χ0n) is 16.0. The van der Waals surface area contributed by atoms with Gasteiger partial charge in [-0.15, -0.1) is 0 Å². The van der Waals surface area contributed by atoms with Crippen molar-refractivity contribution in [1.82, 2.24) is 9.21 Å². The van der Waals surface area contributed by atoms with E-state index in [1.807, 2.05) is 24.3 Å². The minimum Gasteiger partial charge on any atom is -0.497 e. The van der Waals surface area contributed by atoms with Crippen LogP contribution in [0.5, 0.6) is 5.75 Å².